The largest absolute Gasteiger partial charge is 0.384 e. The number of para-hydroxylation sites is 1. The van der Waals surface area contributed by atoms with Crippen LogP contribution in [-0.2, 0) is 17.8 Å². The molecule has 0 aliphatic carbocycles. The van der Waals surface area contributed by atoms with Crippen molar-refractivity contribution in [3.05, 3.63) is 53.7 Å². The van der Waals surface area contributed by atoms with Gasteiger partial charge < -0.3 is 10.6 Å². The van der Waals surface area contributed by atoms with Crippen LogP contribution in [0.15, 0.2) is 42.5 Å². The van der Waals surface area contributed by atoms with E-state index in [2.05, 4.69) is 11.1 Å². The molecule has 4 nitrogen and oxygen atoms in total. The maximum Gasteiger partial charge on any atom is 0.227 e. The molecule has 1 aliphatic rings. The number of aryl methyl sites for hydroxylation is 1. The molecule has 0 bridgehead atoms. The predicted molar refractivity (Wildman–Crippen MR) is 74.6 cm³/mol. The highest BCUT2D eigenvalue weighted by Crippen LogP contribution is 2.28. The first-order chi connectivity index (χ1) is 9.24. The molecule has 19 heavy (non-hydrogen) atoms. The number of amides is 1. The first-order valence-corrected chi connectivity index (χ1v) is 6.34. The second-order valence-corrected chi connectivity index (χ2v) is 4.66. The van der Waals surface area contributed by atoms with Gasteiger partial charge >= 0.3 is 0 Å². The van der Waals surface area contributed by atoms with Crippen LogP contribution in [0.5, 0.6) is 0 Å². The molecular formula is C15H15N3O. The number of pyridine rings is 1. The topological polar surface area (TPSA) is 59.2 Å². The van der Waals surface area contributed by atoms with Crippen molar-refractivity contribution in [2.75, 3.05) is 10.6 Å². The summed E-state index contributed by atoms with van der Waals surface area (Å²) >= 11 is 0. The highest BCUT2D eigenvalue weighted by molar-refractivity contribution is 5.96. The average molecular weight is 253 g/mol. The molecule has 0 unspecified atom stereocenters. The lowest BCUT2D eigenvalue weighted by Crippen LogP contribution is -2.34. The minimum atomic E-state index is 0.142. The average Bonchev–Trinajstić information content (AvgIpc) is 2.42. The van der Waals surface area contributed by atoms with Crippen LogP contribution in [0.1, 0.15) is 17.7 Å². The van der Waals surface area contributed by atoms with Gasteiger partial charge in [0.25, 0.3) is 0 Å². The Kier molecular flexibility index (Phi) is 2.91. The number of hydrogen-bond donors (Lipinski definition) is 1. The van der Waals surface area contributed by atoms with Gasteiger partial charge in [-0.15, -0.1) is 0 Å². The highest BCUT2D eigenvalue weighted by Gasteiger charge is 2.23. The number of carbonyl (C=O) groups is 1. The van der Waals surface area contributed by atoms with E-state index in [1.54, 1.807) is 11.0 Å². The van der Waals surface area contributed by atoms with Crippen molar-refractivity contribution in [1.29, 1.82) is 0 Å². The van der Waals surface area contributed by atoms with Gasteiger partial charge in [0.1, 0.15) is 5.82 Å². The number of hydrogen-bond acceptors (Lipinski definition) is 3. The Labute approximate surface area is 111 Å². The van der Waals surface area contributed by atoms with E-state index in [4.69, 9.17) is 5.73 Å². The van der Waals surface area contributed by atoms with Crippen LogP contribution in [0.25, 0.3) is 0 Å². The zero-order valence-electron chi connectivity index (χ0n) is 10.5. The van der Waals surface area contributed by atoms with E-state index >= 15 is 0 Å². The fourth-order valence-electron chi connectivity index (χ4n) is 2.42. The van der Waals surface area contributed by atoms with Gasteiger partial charge in [0, 0.05) is 12.1 Å². The number of carbonyl (C=O) groups excluding carboxylic acids is 1. The van der Waals surface area contributed by atoms with Gasteiger partial charge in [0.2, 0.25) is 5.91 Å². The van der Waals surface area contributed by atoms with E-state index in [1.807, 2.05) is 30.3 Å². The first-order valence-electron chi connectivity index (χ1n) is 6.34. The minimum absolute atomic E-state index is 0.142. The normalized spacial score (nSPS) is 14.3. The van der Waals surface area contributed by atoms with Gasteiger partial charge in [0.15, 0.2) is 0 Å². The third kappa shape index (κ3) is 2.29. The fourth-order valence-corrected chi connectivity index (χ4v) is 2.42. The number of nitrogens with zero attached hydrogens (tertiary/aromatic N) is 2. The third-order valence-electron chi connectivity index (χ3n) is 3.34. The van der Waals surface area contributed by atoms with Crippen molar-refractivity contribution >= 4 is 17.4 Å². The lowest BCUT2D eigenvalue weighted by molar-refractivity contribution is -0.119. The molecular weight excluding hydrogens is 238 g/mol. The summed E-state index contributed by atoms with van der Waals surface area (Å²) in [5.41, 5.74) is 8.69. The van der Waals surface area contributed by atoms with Gasteiger partial charge in [-0.05, 0) is 30.2 Å². The Morgan fingerprint density at radius 2 is 1.95 bits per heavy atom. The van der Waals surface area contributed by atoms with Crippen molar-refractivity contribution < 1.29 is 4.79 Å². The van der Waals surface area contributed by atoms with Crippen LogP contribution >= 0.6 is 0 Å². The summed E-state index contributed by atoms with van der Waals surface area (Å²) in [6.07, 6.45) is 1.37. The zero-order chi connectivity index (χ0) is 13.2. The molecule has 4 heteroatoms. The Bertz CT molecular complexity index is 624. The molecule has 0 saturated carbocycles. The second-order valence-electron chi connectivity index (χ2n) is 4.66. The van der Waals surface area contributed by atoms with Crippen LogP contribution in [0.2, 0.25) is 0 Å². The van der Waals surface area contributed by atoms with Crippen LogP contribution < -0.4 is 10.6 Å². The van der Waals surface area contributed by atoms with Crippen molar-refractivity contribution in [3.63, 3.8) is 0 Å². The number of fused-ring (bicyclic) bond motifs is 1. The Morgan fingerprint density at radius 1 is 1.11 bits per heavy atom. The van der Waals surface area contributed by atoms with Crippen molar-refractivity contribution in [2.24, 2.45) is 0 Å². The molecule has 96 valence electrons. The lowest BCUT2D eigenvalue weighted by atomic mass is 10.0. The van der Waals surface area contributed by atoms with Crippen LogP contribution in [0.4, 0.5) is 11.5 Å². The van der Waals surface area contributed by atoms with Crippen LogP contribution in [0.3, 0.4) is 0 Å². The zero-order valence-corrected chi connectivity index (χ0v) is 10.5. The summed E-state index contributed by atoms with van der Waals surface area (Å²) in [7, 11) is 0. The Balaban J connectivity index is 1.94. The monoisotopic (exact) mass is 253 g/mol. The smallest absolute Gasteiger partial charge is 0.227 e. The molecule has 0 spiro atoms. The molecule has 1 aromatic heterocycles. The quantitative estimate of drug-likeness (QED) is 0.892. The highest BCUT2D eigenvalue weighted by atomic mass is 16.2. The SMILES string of the molecule is Nc1cccc(CN2C(=O)CCc3ccccc32)n1. The maximum absolute atomic E-state index is 12.1. The van der Waals surface area contributed by atoms with E-state index in [0.29, 0.717) is 18.8 Å². The van der Waals surface area contributed by atoms with Crippen LogP contribution in [0, 0.1) is 0 Å². The molecule has 3 rings (SSSR count). The number of aromatic nitrogens is 1. The molecule has 0 atom stereocenters. The molecule has 2 N–H and O–H groups in total. The summed E-state index contributed by atoms with van der Waals surface area (Å²) in [4.78, 5) is 18.2. The van der Waals surface area contributed by atoms with Gasteiger partial charge in [-0.2, -0.15) is 0 Å². The van der Waals surface area contributed by atoms with Gasteiger partial charge in [0.05, 0.1) is 12.2 Å². The molecule has 0 radical (unpaired) electrons. The minimum Gasteiger partial charge on any atom is -0.384 e. The molecule has 1 amide bonds. The first kappa shape index (κ1) is 11.7. The molecule has 2 heterocycles. The Hall–Kier alpha value is -2.36. The van der Waals surface area contributed by atoms with Crippen molar-refractivity contribution in [1.82, 2.24) is 4.98 Å². The van der Waals surface area contributed by atoms with E-state index in [-0.39, 0.29) is 5.91 Å². The molecule has 0 saturated heterocycles. The molecule has 1 aliphatic heterocycles. The van der Waals surface area contributed by atoms with E-state index in [0.717, 1.165) is 17.8 Å². The van der Waals surface area contributed by atoms with Gasteiger partial charge in [-0.25, -0.2) is 4.98 Å². The van der Waals surface area contributed by atoms with E-state index in [1.165, 1.54) is 5.56 Å². The third-order valence-corrected chi connectivity index (χ3v) is 3.34. The number of anilines is 2. The summed E-state index contributed by atoms with van der Waals surface area (Å²) in [5, 5.41) is 0. The van der Waals surface area contributed by atoms with E-state index in [9.17, 15) is 4.79 Å². The standard InChI is InChI=1S/C15H15N3O/c16-14-7-3-5-12(17-14)10-18-13-6-2-1-4-11(13)8-9-15(18)19/h1-7H,8-10H2,(H2,16,17). The summed E-state index contributed by atoms with van der Waals surface area (Å²) in [5.74, 6) is 0.623. The number of benzene rings is 1. The molecule has 1 aromatic carbocycles. The van der Waals surface area contributed by atoms with Crippen molar-refractivity contribution in [3.8, 4) is 0 Å². The van der Waals surface area contributed by atoms with Gasteiger partial charge in [-0.1, -0.05) is 24.3 Å². The number of nitrogens with two attached hydrogens (primary N) is 1. The maximum atomic E-state index is 12.1. The Morgan fingerprint density at radius 3 is 2.79 bits per heavy atom. The van der Waals surface area contributed by atoms with E-state index < -0.39 is 0 Å². The number of rotatable bonds is 2. The molecule has 2 aromatic rings. The van der Waals surface area contributed by atoms with Crippen LogP contribution in [-0.4, -0.2) is 10.9 Å². The van der Waals surface area contributed by atoms with Crippen molar-refractivity contribution in [2.45, 2.75) is 19.4 Å². The lowest BCUT2D eigenvalue weighted by Gasteiger charge is -2.29. The summed E-state index contributed by atoms with van der Waals surface area (Å²) in [6, 6.07) is 13.5. The fraction of sp³-hybridized carbons (Fsp3) is 0.200. The second kappa shape index (κ2) is 4.72. The molecule has 0 fully saturated rings. The number of nitrogen functional groups attached to an aromatic ring is 1. The predicted octanol–water partition coefficient (Wildman–Crippen LogP) is 2.14. The summed E-state index contributed by atoms with van der Waals surface area (Å²) < 4.78 is 0. The van der Waals surface area contributed by atoms with Gasteiger partial charge in [-0.3, -0.25) is 4.79 Å². The summed E-state index contributed by atoms with van der Waals surface area (Å²) in [6.45, 7) is 0.473.